The molecule has 0 spiro atoms. The minimum absolute atomic E-state index is 0.0615. The molecule has 0 fully saturated rings. The molecule has 1 atom stereocenters. The van der Waals surface area contributed by atoms with Crippen LogP contribution in [0.3, 0.4) is 0 Å². The summed E-state index contributed by atoms with van der Waals surface area (Å²) in [5.41, 5.74) is 0. The van der Waals surface area contributed by atoms with E-state index in [1.807, 2.05) is 6.92 Å². The zero-order chi connectivity index (χ0) is 15.0. The van der Waals surface area contributed by atoms with Crippen molar-refractivity contribution >= 4 is 34.1 Å². The average molecular weight is 316 g/mol. The standard InChI is InChI=1S/C13H24N4OS2/c1-5-14-12-16-17-13(20-12)19-8-11(18)15-10(4)7-6-9(2)3/h9-10H,5-8H2,1-4H3,(H,14,16)(H,15,18). The Morgan fingerprint density at radius 3 is 2.70 bits per heavy atom. The lowest BCUT2D eigenvalue weighted by Crippen LogP contribution is -2.33. The van der Waals surface area contributed by atoms with Gasteiger partial charge in [0.2, 0.25) is 11.0 Å². The van der Waals surface area contributed by atoms with E-state index < -0.39 is 0 Å². The van der Waals surface area contributed by atoms with Gasteiger partial charge in [0.15, 0.2) is 4.34 Å². The van der Waals surface area contributed by atoms with Gasteiger partial charge in [0, 0.05) is 12.6 Å². The van der Waals surface area contributed by atoms with Crippen molar-refractivity contribution < 1.29 is 4.79 Å². The van der Waals surface area contributed by atoms with Crippen molar-refractivity contribution in [2.24, 2.45) is 5.92 Å². The Bertz CT molecular complexity index is 409. The fraction of sp³-hybridized carbons (Fsp3) is 0.769. The molecule has 0 aromatic carbocycles. The number of nitrogens with zero attached hydrogens (tertiary/aromatic N) is 2. The fourth-order valence-corrected chi connectivity index (χ4v) is 3.22. The van der Waals surface area contributed by atoms with Gasteiger partial charge in [0.25, 0.3) is 0 Å². The smallest absolute Gasteiger partial charge is 0.230 e. The summed E-state index contributed by atoms with van der Waals surface area (Å²) >= 11 is 2.92. The molecular weight excluding hydrogens is 292 g/mol. The quantitative estimate of drug-likeness (QED) is 0.686. The van der Waals surface area contributed by atoms with Crippen molar-refractivity contribution in [3.63, 3.8) is 0 Å². The van der Waals surface area contributed by atoms with Gasteiger partial charge in [-0.1, -0.05) is 36.9 Å². The van der Waals surface area contributed by atoms with Gasteiger partial charge < -0.3 is 10.6 Å². The Kier molecular flexibility index (Phi) is 7.91. The summed E-state index contributed by atoms with van der Waals surface area (Å²) in [4.78, 5) is 11.8. The van der Waals surface area contributed by atoms with E-state index in [4.69, 9.17) is 0 Å². The molecule has 1 heterocycles. The molecule has 0 aliphatic heterocycles. The maximum absolute atomic E-state index is 11.8. The predicted molar refractivity (Wildman–Crippen MR) is 86.5 cm³/mol. The maximum atomic E-state index is 11.8. The summed E-state index contributed by atoms with van der Waals surface area (Å²) in [6, 6.07) is 0.234. The highest BCUT2D eigenvalue weighted by Crippen LogP contribution is 2.25. The van der Waals surface area contributed by atoms with Crippen LogP contribution in [-0.4, -0.2) is 34.4 Å². The van der Waals surface area contributed by atoms with Crippen LogP contribution in [0.25, 0.3) is 0 Å². The number of rotatable bonds is 9. The second kappa shape index (κ2) is 9.18. The van der Waals surface area contributed by atoms with Crippen molar-refractivity contribution in [2.75, 3.05) is 17.6 Å². The molecule has 1 amide bonds. The van der Waals surface area contributed by atoms with Crippen molar-refractivity contribution in [1.82, 2.24) is 15.5 Å². The number of amides is 1. The second-order valence-corrected chi connectivity index (χ2v) is 7.33. The molecule has 7 heteroatoms. The molecule has 20 heavy (non-hydrogen) atoms. The third-order valence-corrected chi connectivity index (χ3v) is 4.66. The van der Waals surface area contributed by atoms with Crippen molar-refractivity contribution in [2.45, 2.75) is 50.9 Å². The van der Waals surface area contributed by atoms with E-state index in [1.165, 1.54) is 23.1 Å². The van der Waals surface area contributed by atoms with E-state index in [0.29, 0.717) is 11.7 Å². The molecule has 2 N–H and O–H groups in total. The number of carbonyl (C=O) groups is 1. The number of hydrogen-bond acceptors (Lipinski definition) is 6. The molecule has 1 unspecified atom stereocenters. The lowest BCUT2D eigenvalue weighted by atomic mass is 10.0. The monoisotopic (exact) mass is 316 g/mol. The molecular formula is C13H24N4OS2. The Morgan fingerprint density at radius 2 is 2.05 bits per heavy atom. The molecule has 1 rings (SSSR count). The van der Waals surface area contributed by atoms with Crippen molar-refractivity contribution in [1.29, 1.82) is 0 Å². The van der Waals surface area contributed by atoms with Gasteiger partial charge in [-0.05, 0) is 32.6 Å². The summed E-state index contributed by atoms with van der Waals surface area (Å²) in [6.07, 6.45) is 2.16. The van der Waals surface area contributed by atoms with Gasteiger partial charge in [-0.2, -0.15) is 0 Å². The van der Waals surface area contributed by atoms with Crippen LogP contribution in [0.2, 0.25) is 0 Å². The van der Waals surface area contributed by atoms with Gasteiger partial charge >= 0.3 is 0 Å². The van der Waals surface area contributed by atoms with E-state index in [2.05, 4.69) is 41.6 Å². The number of carbonyl (C=O) groups excluding carboxylic acids is 1. The van der Waals surface area contributed by atoms with E-state index >= 15 is 0 Å². The van der Waals surface area contributed by atoms with Crippen LogP contribution in [0.15, 0.2) is 4.34 Å². The van der Waals surface area contributed by atoms with E-state index in [9.17, 15) is 4.79 Å². The maximum Gasteiger partial charge on any atom is 0.230 e. The Balaban J connectivity index is 2.24. The molecule has 0 bridgehead atoms. The minimum Gasteiger partial charge on any atom is -0.360 e. The first kappa shape index (κ1) is 17.2. The summed E-state index contributed by atoms with van der Waals surface area (Å²) in [7, 11) is 0. The molecule has 114 valence electrons. The molecule has 1 aromatic heterocycles. The Labute approximate surface area is 129 Å². The highest BCUT2D eigenvalue weighted by atomic mass is 32.2. The fourth-order valence-electron chi connectivity index (χ4n) is 1.59. The van der Waals surface area contributed by atoms with Crippen molar-refractivity contribution in [3.05, 3.63) is 0 Å². The third-order valence-electron chi connectivity index (χ3n) is 2.65. The van der Waals surface area contributed by atoms with Gasteiger partial charge in [-0.3, -0.25) is 4.79 Å². The molecule has 0 saturated heterocycles. The van der Waals surface area contributed by atoms with Gasteiger partial charge in [-0.15, -0.1) is 10.2 Å². The normalized spacial score (nSPS) is 12.4. The molecule has 0 aliphatic rings. The third kappa shape index (κ3) is 7.09. The zero-order valence-electron chi connectivity index (χ0n) is 12.6. The molecule has 0 radical (unpaired) electrons. The lowest BCUT2D eigenvalue weighted by Gasteiger charge is -2.14. The van der Waals surface area contributed by atoms with Crippen LogP contribution < -0.4 is 10.6 Å². The Hall–Kier alpha value is -0.820. The van der Waals surface area contributed by atoms with Crippen molar-refractivity contribution in [3.8, 4) is 0 Å². The highest BCUT2D eigenvalue weighted by Gasteiger charge is 2.10. The first-order valence-electron chi connectivity index (χ1n) is 7.00. The summed E-state index contributed by atoms with van der Waals surface area (Å²) in [5.74, 6) is 1.13. The molecule has 1 aromatic rings. The summed E-state index contributed by atoms with van der Waals surface area (Å²) < 4.78 is 0.825. The van der Waals surface area contributed by atoms with E-state index in [1.54, 1.807) is 0 Å². The van der Waals surface area contributed by atoms with Crippen LogP contribution in [0.4, 0.5) is 5.13 Å². The number of nitrogens with one attached hydrogen (secondary N) is 2. The van der Waals surface area contributed by atoms with Crippen LogP contribution in [-0.2, 0) is 4.79 Å². The van der Waals surface area contributed by atoms with Crippen LogP contribution >= 0.6 is 23.1 Å². The topological polar surface area (TPSA) is 66.9 Å². The number of thioether (sulfide) groups is 1. The largest absolute Gasteiger partial charge is 0.360 e. The summed E-state index contributed by atoms with van der Waals surface area (Å²) in [6.45, 7) is 9.29. The van der Waals surface area contributed by atoms with E-state index in [-0.39, 0.29) is 11.9 Å². The minimum atomic E-state index is 0.0615. The predicted octanol–water partition coefficient (Wildman–Crippen LogP) is 3.00. The number of aromatic nitrogens is 2. The van der Waals surface area contributed by atoms with Crippen LogP contribution in [0.1, 0.15) is 40.5 Å². The number of anilines is 1. The van der Waals surface area contributed by atoms with Gasteiger partial charge in [-0.25, -0.2) is 0 Å². The summed E-state index contributed by atoms with van der Waals surface area (Å²) in [5, 5.41) is 15.0. The molecule has 0 aliphatic carbocycles. The SMILES string of the molecule is CCNc1nnc(SCC(=O)NC(C)CCC(C)C)s1. The molecule has 0 saturated carbocycles. The second-order valence-electron chi connectivity index (χ2n) is 5.13. The van der Waals surface area contributed by atoms with Crippen LogP contribution in [0, 0.1) is 5.92 Å². The zero-order valence-corrected chi connectivity index (χ0v) is 14.2. The number of hydrogen-bond donors (Lipinski definition) is 2. The molecule has 5 nitrogen and oxygen atoms in total. The van der Waals surface area contributed by atoms with Gasteiger partial charge in [0.1, 0.15) is 0 Å². The average Bonchev–Trinajstić information content (AvgIpc) is 2.82. The lowest BCUT2D eigenvalue weighted by molar-refractivity contribution is -0.119. The Morgan fingerprint density at radius 1 is 1.30 bits per heavy atom. The van der Waals surface area contributed by atoms with Crippen LogP contribution in [0.5, 0.6) is 0 Å². The highest BCUT2D eigenvalue weighted by molar-refractivity contribution is 8.01. The van der Waals surface area contributed by atoms with E-state index in [0.717, 1.165) is 28.9 Å². The first-order valence-corrected chi connectivity index (χ1v) is 8.81. The first-order chi connectivity index (χ1) is 9.51. The van der Waals surface area contributed by atoms with Gasteiger partial charge in [0.05, 0.1) is 5.75 Å².